The minimum atomic E-state index is -1.07. The molecular formula is C15H21N3O3. The van der Waals surface area contributed by atoms with Crippen LogP contribution in [0, 0.1) is 0 Å². The molecular weight excluding hydrogens is 270 g/mol. The summed E-state index contributed by atoms with van der Waals surface area (Å²) in [6, 6.07) is 7.66. The maximum atomic E-state index is 12.1. The van der Waals surface area contributed by atoms with Crippen molar-refractivity contribution in [2.45, 2.75) is 37.4 Å². The topological polar surface area (TPSA) is 104 Å². The highest BCUT2D eigenvalue weighted by molar-refractivity contribution is 5.87. The smallest absolute Gasteiger partial charge is 0.326 e. The molecule has 1 fully saturated rings. The number of amides is 1. The highest BCUT2D eigenvalue weighted by Crippen LogP contribution is 2.08. The van der Waals surface area contributed by atoms with E-state index in [2.05, 4.69) is 5.32 Å². The van der Waals surface area contributed by atoms with Gasteiger partial charge in [-0.25, -0.2) is 4.79 Å². The van der Waals surface area contributed by atoms with Crippen LogP contribution < -0.4 is 16.4 Å². The molecule has 21 heavy (non-hydrogen) atoms. The van der Waals surface area contributed by atoms with Crippen LogP contribution in [-0.2, 0) is 16.0 Å². The predicted molar refractivity (Wildman–Crippen MR) is 78.7 cm³/mol. The molecule has 6 heteroatoms. The summed E-state index contributed by atoms with van der Waals surface area (Å²) in [6.07, 6.45) is 1.25. The van der Waals surface area contributed by atoms with Gasteiger partial charge in [-0.15, -0.1) is 0 Å². The number of benzene rings is 1. The number of rotatable bonds is 6. The fraction of sp³-hybridized carbons (Fsp3) is 0.467. The molecule has 0 bridgehead atoms. The van der Waals surface area contributed by atoms with Gasteiger partial charge < -0.3 is 21.5 Å². The molecule has 1 aromatic carbocycles. The number of carbonyl (C=O) groups excluding carboxylic acids is 1. The van der Waals surface area contributed by atoms with Crippen LogP contribution >= 0.6 is 0 Å². The van der Waals surface area contributed by atoms with Gasteiger partial charge in [-0.3, -0.25) is 4.79 Å². The molecule has 6 nitrogen and oxygen atoms in total. The van der Waals surface area contributed by atoms with Crippen molar-refractivity contribution in [2.24, 2.45) is 5.73 Å². The minimum Gasteiger partial charge on any atom is -0.480 e. The van der Waals surface area contributed by atoms with Crippen molar-refractivity contribution < 1.29 is 16.1 Å². The summed E-state index contributed by atoms with van der Waals surface area (Å²) in [5, 5.41) is 12.9. The minimum absolute atomic E-state index is 0.221. The van der Waals surface area contributed by atoms with Crippen molar-refractivity contribution in [3.8, 4) is 0 Å². The van der Waals surface area contributed by atoms with Gasteiger partial charge in [0.15, 0.2) is 0 Å². The van der Waals surface area contributed by atoms with Crippen LogP contribution in [0.5, 0.6) is 0 Å². The van der Waals surface area contributed by atoms with Gasteiger partial charge in [0.25, 0.3) is 0 Å². The average Bonchev–Trinajstić information content (AvgIpc) is 2.83. The van der Waals surface area contributed by atoms with Crippen LogP contribution in [0.15, 0.2) is 30.3 Å². The zero-order valence-electron chi connectivity index (χ0n) is 12.7. The summed E-state index contributed by atoms with van der Waals surface area (Å²) in [5.41, 5.74) is 6.74. The first kappa shape index (κ1) is 14.0. The number of hydrogen-bond acceptors (Lipinski definition) is 4. The molecule has 0 aliphatic carbocycles. The second-order valence-electron chi connectivity index (χ2n) is 5.30. The fourth-order valence-corrected chi connectivity index (χ4v) is 2.37. The summed E-state index contributed by atoms with van der Waals surface area (Å²) >= 11 is 0. The molecule has 1 saturated heterocycles. The van der Waals surface area contributed by atoms with Crippen LogP contribution in [-0.4, -0.2) is 41.7 Å². The Labute approximate surface area is 125 Å². The number of nitrogens with one attached hydrogen (secondary N) is 2. The van der Waals surface area contributed by atoms with E-state index < -0.39 is 24.0 Å². The van der Waals surface area contributed by atoms with Crippen LogP contribution in [0.2, 0.25) is 1.41 Å². The summed E-state index contributed by atoms with van der Waals surface area (Å²) in [4.78, 5) is 23.5. The average molecular weight is 292 g/mol. The van der Waals surface area contributed by atoms with Crippen LogP contribution in [0.25, 0.3) is 0 Å². The second kappa shape index (κ2) is 7.19. The first-order chi connectivity index (χ1) is 10.5. The van der Waals surface area contributed by atoms with Gasteiger partial charge in [0.1, 0.15) is 7.45 Å². The Bertz CT molecular complexity index is 526. The lowest BCUT2D eigenvalue weighted by Crippen LogP contribution is -2.48. The molecule has 114 valence electrons. The van der Waals surface area contributed by atoms with Crippen molar-refractivity contribution in [1.29, 1.82) is 0 Å². The Morgan fingerprint density at radius 3 is 2.76 bits per heavy atom. The fourth-order valence-electron chi connectivity index (χ4n) is 2.37. The van der Waals surface area contributed by atoms with Crippen molar-refractivity contribution in [1.82, 2.24) is 10.6 Å². The van der Waals surface area contributed by atoms with Gasteiger partial charge in [0.2, 0.25) is 5.91 Å². The quantitative estimate of drug-likeness (QED) is 0.585. The maximum Gasteiger partial charge on any atom is 0.326 e. The highest BCUT2D eigenvalue weighted by atomic mass is 16.4. The first-order valence-corrected chi connectivity index (χ1v) is 7.05. The van der Waals surface area contributed by atoms with Gasteiger partial charge in [0.05, 0.1) is 6.04 Å². The number of hydrogen-bond donors (Lipinski definition) is 4. The third-order valence-corrected chi connectivity index (χ3v) is 3.57. The second-order valence-corrected chi connectivity index (χ2v) is 5.30. The molecule has 3 atom stereocenters. The standard InChI is InChI=1S/C15H21N3O3/c16-11-8-13(17-9-11)14(19)18-12(15(20)21)7-6-10-4-2-1-3-5-10/h1-5,11-13,17H,6-9,16H2,(H,18,19)(H,20,21)/t11-,12+,13+/m1/s1/i/hD. The normalized spacial score (nSPS) is 24.3. The molecule has 1 heterocycles. The van der Waals surface area contributed by atoms with E-state index in [9.17, 15) is 14.7 Å². The molecule has 5 N–H and O–H groups in total. The molecule has 1 aliphatic rings. The molecule has 1 aromatic rings. The van der Waals surface area contributed by atoms with E-state index in [0.29, 0.717) is 25.8 Å². The molecule has 0 unspecified atom stereocenters. The van der Waals surface area contributed by atoms with Crippen LogP contribution in [0.4, 0.5) is 0 Å². The maximum absolute atomic E-state index is 12.1. The zero-order chi connectivity index (χ0) is 16.1. The first-order valence-electron chi connectivity index (χ1n) is 7.50. The van der Waals surface area contributed by atoms with Gasteiger partial charge in [0, 0.05) is 12.6 Å². The van der Waals surface area contributed by atoms with Crippen LogP contribution in [0.1, 0.15) is 18.4 Å². The molecule has 0 spiro atoms. The molecule has 0 saturated carbocycles. The van der Waals surface area contributed by atoms with E-state index >= 15 is 0 Å². The Morgan fingerprint density at radius 1 is 1.48 bits per heavy atom. The van der Waals surface area contributed by atoms with Crippen molar-refractivity contribution in [3.05, 3.63) is 35.9 Å². The van der Waals surface area contributed by atoms with Crippen molar-refractivity contribution in [3.63, 3.8) is 0 Å². The summed E-state index contributed by atoms with van der Waals surface area (Å²) in [5.74, 6) is -1.51. The highest BCUT2D eigenvalue weighted by Gasteiger charge is 2.30. The lowest BCUT2D eigenvalue weighted by atomic mass is 10.0. The molecule has 2 rings (SSSR count). The summed E-state index contributed by atoms with van der Waals surface area (Å²) < 4.78 is 7.68. The number of aliphatic carboxylic acids is 1. The van der Waals surface area contributed by atoms with E-state index in [1.165, 1.54) is 0 Å². The lowest BCUT2D eigenvalue weighted by molar-refractivity contribution is -0.142. The van der Waals surface area contributed by atoms with E-state index in [4.69, 9.17) is 7.15 Å². The van der Waals surface area contributed by atoms with Gasteiger partial charge >= 0.3 is 5.97 Å². The lowest BCUT2D eigenvalue weighted by Gasteiger charge is -2.17. The molecule has 0 aromatic heterocycles. The Morgan fingerprint density at radius 2 is 2.19 bits per heavy atom. The number of aryl methyl sites for hydroxylation is 1. The summed E-state index contributed by atoms with van der Waals surface area (Å²) in [6.45, 7) is 0.319. The van der Waals surface area contributed by atoms with Gasteiger partial charge in [-0.2, -0.15) is 0 Å². The Kier molecular flexibility index (Phi) is 4.81. The molecule has 0 radical (unpaired) electrons. The summed E-state index contributed by atoms with van der Waals surface area (Å²) in [7, 11) is 0. The van der Waals surface area contributed by atoms with Crippen molar-refractivity contribution >= 4 is 11.9 Å². The largest absolute Gasteiger partial charge is 0.480 e. The Hall–Kier alpha value is -1.92. The number of carbonyl (C=O) groups is 2. The number of carboxylic acids is 1. The van der Waals surface area contributed by atoms with E-state index in [1.54, 1.807) is 0 Å². The van der Waals surface area contributed by atoms with Gasteiger partial charge in [-0.1, -0.05) is 30.3 Å². The van der Waals surface area contributed by atoms with E-state index in [-0.39, 0.29) is 6.04 Å². The molecule has 1 aliphatic heterocycles. The van der Waals surface area contributed by atoms with Crippen molar-refractivity contribution in [2.75, 3.05) is 6.54 Å². The number of nitrogens with two attached hydrogens (primary N) is 1. The zero-order valence-corrected chi connectivity index (χ0v) is 11.7. The van der Waals surface area contributed by atoms with Crippen LogP contribution in [0.3, 0.4) is 0 Å². The Balaban J connectivity index is 1.91. The third kappa shape index (κ3) is 4.54. The number of carboxylic acid groups (broad SMARTS) is 1. The molecule has 1 amide bonds. The SMILES string of the molecule is [2H]N1C[C@H](N)C[C@H]1C(=O)N[C@@H](CCc1ccccc1)C(=O)O. The monoisotopic (exact) mass is 292 g/mol. The van der Waals surface area contributed by atoms with Gasteiger partial charge in [-0.05, 0) is 24.8 Å². The predicted octanol–water partition coefficient (Wildman–Crippen LogP) is -0.122. The van der Waals surface area contributed by atoms with E-state index in [0.717, 1.165) is 10.9 Å². The van der Waals surface area contributed by atoms with E-state index in [1.807, 2.05) is 30.3 Å². The third-order valence-electron chi connectivity index (χ3n) is 3.57.